The van der Waals surface area contributed by atoms with Gasteiger partial charge in [-0.2, -0.15) is 0 Å². The molecule has 1 amide bonds. The summed E-state index contributed by atoms with van der Waals surface area (Å²) >= 11 is 1.43. The van der Waals surface area contributed by atoms with Crippen molar-refractivity contribution in [3.8, 4) is 0 Å². The van der Waals surface area contributed by atoms with Crippen molar-refractivity contribution < 1.29 is 9.90 Å². The van der Waals surface area contributed by atoms with Crippen LogP contribution in [0.4, 0.5) is 17.3 Å². The Hall–Kier alpha value is -3.17. The van der Waals surface area contributed by atoms with Gasteiger partial charge in [0.05, 0.1) is 18.5 Å². The molecule has 0 unspecified atom stereocenters. The number of piperidine rings is 1. The van der Waals surface area contributed by atoms with Crippen molar-refractivity contribution >= 4 is 35.0 Å². The third-order valence-electron chi connectivity index (χ3n) is 8.69. The predicted octanol–water partition coefficient (Wildman–Crippen LogP) is 4.19. The Kier molecular flexibility index (Phi) is 5.40. The first kappa shape index (κ1) is 23.0. The van der Waals surface area contributed by atoms with Gasteiger partial charge in [0, 0.05) is 24.2 Å². The van der Waals surface area contributed by atoms with E-state index in [-0.39, 0.29) is 12.5 Å². The van der Waals surface area contributed by atoms with Crippen LogP contribution in [0.15, 0.2) is 52.6 Å². The predicted molar refractivity (Wildman–Crippen MR) is 143 cm³/mol. The van der Waals surface area contributed by atoms with E-state index in [2.05, 4.69) is 44.8 Å². The number of nitrogens with one attached hydrogen (secondary N) is 2. The number of hydrogen-bond donors (Lipinski definition) is 3. The van der Waals surface area contributed by atoms with Gasteiger partial charge in [-0.15, -0.1) is 0 Å². The van der Waals surface area contributed by atoms with Crippen molar-refractivity contribution in [2.24, 2.45) is 5.41 Å². The summed E-state index contributed by atoms with van der Waals surface area (Å²) in [5, 5.41) is 17.3. The summed E-state index contributed by atoms with van der Waals surface area (Å²) in [6, 6.07) is 10.7. The van der Waals surface area contributed by atoms with Crippen LogP contribution in [0.1, 0.15) is 48.9 Å². The van der Waals surface area contributed by atoms with Gasteiger partial charge in [-0.05, 0) is 67.6 Å². The van der Waals surface area contributed by atoms with Gasteiger partial charge in [0.2, 0.25) is 5.91 Å². The van der Waals surface area contributed by atoms with Crippen LogP contribution in [0.3, 0.4) is 0 Å². The third kappa shape index (κ3) is 3.87. The van der Waals surface area contributed by atoms with Crippen LogP contribution in [0, 0.1) is 5.41 Å². The number of carbonyl (C=O) groups excluding carboxylic acids is 1. The van der Waals surface area contributed by atoms with Crippen molar-refractivity contribution in [3.63, 3.8) is 0 Å². The molecular weight excluding hydrogens is 484 g/mol. The van der Waals surface area contributed by atoms with Gasteiger partial charge in [0.1, 0.15) is 16.3 Å². The lowest BCUT2D eigenvalue weighted by Crippen LogP contribution is -2.57. The molecule has 2 spiro atoms. The Bertz CT molecular complexity index is 1360. The number of anilines is 3. The second kappa shape index (κ2) is 8.70. The van der Waals surface area contributed by atoms with Crippen molar-refractivity contribution in [2.75, 3.05) is 28.6 Å². The van der Waals surface area contributed by atoms with Gasteiger partial charge >= 0.3 is 0 Å². The number of pyridine rings is 1. The van der Waals surface area contributed by atoms with E-state index in [1.54, 1.807) is 12.4 Å². The molecule has 3 N–H and O–H groups in total. The molecule has 8 nitrogen and oxygen atoms in total. The highest BCUT2D eigenvalue weighted by molar-refractivity contribution is 7.99. The van der Waals surface area contributed by atoms with Crippen LogP contribution in [-0.2, 0) is 24.2 Å². The largest absolute Gasteiger partial charge is 0.390 e. The number of aliphatic hydroxyl groups excluding tert-OH is 1. The molecule has 0 atom stereocenters. The van der Waals surface area contributed by atoms with Gasteiger partial charge in [0.25, 0.3) is 0 Å². The number of benzene rings is 1. The Morgan fingerprint density at radius 1 is 1.03 bits per heavy atom. The molecule has 2 fully saturated rings. The summed E-state index contributed by atoms with van der Waals surface area (Å²) in [6.45, 7) is 1.66. The first-order chi connectivity index (χ1) is 18.1. The SMILES string of the molecule is O=C1Nc2c(Sc3cnc(N4CCC5(CC4)Cc4ccccc4C5)c(CO)n3)ccnc2NC12CCC2. The van der Waals surface area contributed by atoms with Gasteiger partial charge in [-0.3, -0.25) is 4.79 Å². The summed E-state index contributed by atoms with van der Waals surface area (Å²) in [5.74, 6) is 1.48. The Labute approximate surface area is 220 Å². The maximum Gasteiger partial charge on any atom is 0.250 e. The highest BCUT2D eigenvalue weighted by Gasteiger charge is 2.48. The number of nitrogens with zero attached hydrogens (tertiary/aromatic N) is 4. The lowest BCUT2D eigenvalue weighted by molar-refractivity contribution is -0.123. The van der Waals surface area contributed by atoms with Gasteiger partial charge in [-0.25, -0.2) is 15.0 Å². The fourth-order valence-electron chi connectivity index (χ4n) is 6.40. The number of carbonyl (C=O) groups is 1. The van der Waals surface area contributed by atoms with E-state index in [0.29, 0.717) is 27.6 Å². The zero-order valence-corrected chi connectivity index (χ0v) is 21.5. The number of hydrogen-bond acceptors (Lipinski definition) is 8. The minimum Gasteiger partial charge on any atom is -0.390 e. The molecule has 37 heavy (non-hydrogen) atoms. The molecule has 0 radical (unpaired) electrons. The molecular formula is C28H30N6O2S. The maximum atomic E-state index is 12.8. The zero-order valence-electron chi connectivity index (χ0n) is 20.7. The lowest BCUT2D eigenvalue weighted by atomic mass is 9.75. The Morgan fingerprint density at radius 3 is 2.46 bits per heavy atom. The highest BCUT2D eigenvalue weighted by Crippen LogP contribution is 2.46. The normalized spacial score (nSPS) is 20.7. The summed E-state index contributed by atoms with van der Waals surface area (Å²) in [6.07, 6.45) is 10.8. The van der Waals surface area contributed by atoms with E-state index in [0.717, 1.165) is 68.7 Å². The molecule has 7 rings (SSSR count). The molecule has 2 aliphatic carbocycles. The number of rotatable bonds is 4. The molecule has 1 saturated carbocycles. The van der Waals surface area contributed by atoms with Gasteiger partial charge in [0.15, 0.2) is 11.6 Å². The molecule has 4 heterocycles. The van der Waals surface area contributed by atoms with E-state index in [1.165, 1.54) is 22.9 Å². The molecule has 1 saturated heterocycles. The van der Waals surface area contributed by atoms with Gasteiger partial charge in [-0.1, -0.05) is 36.0 Å². The second-order valence-corrected chi connectivity index (χ2v) is 12.0. The van der Waals surface area contributed by atoms with Crippen molar-refractivity contribution in [1.82, 2.24) is 15.0 Å². The number of aliphatic hydroxyl groups is 1. The molecule has 9 heteroatoms. The summed E-state index contributed by atoms with van der Waals surface area (Å²) in [5.41, 5.74) is 4.11. The molecule has 0 bridgehead atoms. The quantitative estimate of drug-likeness (QED) is 0.476. The zero-order chi connectivity index (χ0) is 25.0. The van der Waals surface area contributed by atoms with E-state index >= 15 is 0 Å². The topological polar surface area (TPSA) is 103 Å². The summed E-state index contributed by atoms with van der Waals surface area (Å²) < 4.78 is 0. The monoisotopic (exact) mass is 514 g/mol. The number of fused-ring (bicyclic) bond motifs is 2. The first-order valence-electron chi connectivity index (χ1n) is 13.1. The van der Waals surface area contributed by atoms with Gasteiger partial charge < -0.3 is 20.6 Å². The Balaban J connectivity index is 1.08. The van der Waals surface area contributed by atoms with Crippen molar-refractivity contribution in [3.05, 3.63) is 59.5 Å². The molecule has 2 aliphatic heterocycles. The van der Waals surface area contributed by atoms with Crippen LogP contribution in [-0.4, -0.2) is 44.6 Å². The van der Waals surface area contributed by atoms with Crippen LogP contribution >= 0.6 is 11.8 Å². The lowest BCUT2D eigenvalue weighted by Gasteiger charge is -2.44. The van der Waals surface area contributed by atoms with E-state index < -0.39 is 5.54 Å². The maximum absolute atomic E-state index is 12.8. The highest BCUT2D eigenvalue weighted by atomic mass is 32.2. The van der Waals surface area contributed by atoms with Crippen LogP contribution in [0.25, 0.3) is 0 Å². The Morgan fingerprint density at radius 2 is 1.78 bits per heavy atom. The van der Waals surface area contributed by atoms with E-state index in [1.807, 2.05) is 6.07 Å². The smallest absolute Gasteiger partial charge is 0.250 e. The van der Waals surface area contributed by atoms with Crippen molar-refractivity contribution in [2.45, 2.75) is 67.0 Å². The summed E-state index contributed by atoms with van der Waals surface area (Å²) in [7, 11) is 0. The summed E-state index contributed by atoms with van der Waals surface area (Å²) in [4.78, 5) is 29.9. The van der Waals surface area contributed by atoms with Crippen LogP contribution < -0.4 is 15.5 Å². The molecule has 190 valence electrons. The standard InChI is InChI=1S/C28H30N6O2S/c35-17-20-25(34-12-9-27(10-13-34)14-18-4-1-2-5-19(18)15-27)30-16-22(31-20)37-21-6-11-29-24-23(21)32-26(36)28(33-24)7-3-8-28/h1-2,4-6,11,16,35H,3,7-10,12-15,17H2,(H,29,33)(H,32,36). The minimum absolute atomic E-state index is 0.00630. The van der Waals surface area contributed by atoms with E-state index in [9.17, 15) is 9.90 Å². The second-order valence-electron chi connectivity index (χ2n) is 10.9. The minimum atomic E-state index is -0.511. The molecule has 4 aliphatic rings. The van der Waals surface area contributed by atoms with E-state index in [4.69, 9.17) is 9.97 Å². The van der Waals surface area contributed by atoms with Crippen LogP contribution in [0.2, 0.25) is 0 Å². The number of amides is 1. The molecule has 3 aromatic rings. The van der Waals surface area contributed by atoms with Crippen molar-refractivity contribution in [1.29, 1.82) is 0 Å². The first-order valence-corrected chi connectivity index (χ1v) is 13.9. The molecule has 1 aromatic carbocycles. The third-order valence-corrected chi connectivity index (χ3v) is 9.65. The van der Waals surface area contributed by atoms with Crippen LogP contribution in [0.5, 0.6) is 0 Å². The fourth-order valence-corrected chi connectivity index (χ4v) is 7.26. The molecule has 2 aromatic heterocycles. The number of aromatic nitrogens is 3. The average molecular weight is 515 g/mol. The fraction of sp³-hybridized carbons (Fsp3) is 0.429. The average Bonchev–Trinajstić information content (AvgIpc) is 3.26.